The fraction of sp³-hybridized carbons (Fsp3) is 0.480. The second-order valence-corrected chi connectivity index (χ2v) is 32.5. The maximum atomic E-state index is 13.1. The Morgan fingerprint density at radius 1 is 0.260 bits per heavy atom. The van der Waals surface area contributed by atoms with E-state index in [0.29, 0.717) is 17.4 Å². The van der Waals surface area contributed by atoms with Crippen molar-refractivity contribution >= 4 is 11.6 Å². The van der Waals surface area contributed by atoms with E-state index in [1.807, 2.05) is 248 Å². The maximum absolute atomic E-state index is 13.1. The van der Waals surface area contributed by atoms with Gasteiger partial charge in [0.2, 0.25) is 0 Å². The van der Waals surface area contributed by atoms with Crippen LogP contribution in [-0.4, -0.2) is 11.6 Å². The number of hydrogen-bond acceptors (Lipinski definition) is 4. The first-order chi connectivity index (χ1) is 61.7. The molecule has 1 saturated carbocycles. The van der Waals surface area contributed by atoms with Crippen molar-refractivity contribution in [3.8, 4) is 91.9 Å². The fourth-order valence-electron chi connectivity index (χ4n) is 16.0. The zero-order chi connectivity index (χ0) is 96.3. The second kappa shape index (κ2) is 67.4. The van der Waals surface area contributed by atoms with Crippen molar-refractivity contribution in [2.75, 3.05) is 0 Å². The predicted octanol–water partition coefficient (Wildman–Crippen LogP) is 35.0. The Balaban J connectivity index is 0.00000144. The lowest BCUT2D eigenvalue weighted by Gasteiger charge is -2.25. The van der Waals surface area contributed by atoms with Crippen LogP contribution in [-0.2, 0) is 19.3 Å². The van der Waals surface area contributed by atoms with Crippen LogP contribution in [0.2, 0.25) is 0 Å². The van der Waals surface area contributed by atoms with Crippen molar-refractivity contribution in [2.45, 2.75) is 337 Å². The van der Waals surface area contributed by atoms with Gasteiger partial charge in [-0.25, -0.2) is 0 Å². The highest BCUT2D eigenvalue weighted by atomic mass is 16.1. The molecule has 0 aromatic heterocycles. The largest absolute Gasteiger partial charge is 0.293 e. The first kappa shape index (κ1) is 117. The molecule has 0 radical (unpaired) electrons. The Morgan fingerprint density at radius 2 is 0.551 bits per heavy atom. The van der Waals surface area contributed by atoms with Crippen LogP contribution in [0.1, 0.15) is 394 Å². The Kier molecular flexibility index (Phi) is 62.2. The van der Waals surface area contributed by atoms with Gasteiger partial charge in [0, 0.05) is 81.3 Å². The molecule has 7 aliphatic rings. The molecule has 5 atom stereocenters. The van der Waals surface area contributed by atoms with Crippen molar-refractivity contribution in [3.63, 3.8) is 0 Å². The molecule has 0 amide bonds. The Hall–Kier alpha value is -9.84. The van der Waals surface area contributed by atoms with E-state index in [-0.39, 0.29) is 46.1 Å². The quantitative estimate of drug-likeness (QED) is 0.165. The molecule has 10 aromatic rings. The van der Waals surface area contributed by atoms with Gasteiger partial charge < -0.3 is 0 Å². The van der Waals surface area contributed by atoms with Gasteiger partial charge in [0.15, 0.2) is 22.4 Å². The first-order valence-electron chi connectivity index (χ1n) is 50.0. The number of fused-ring (bicyclic) bond motifs is 15. The molecule has 4 heteroatoms. The Morgan fingerprint density at radius 3 is 0.976 bits per heavy atom. The molecule has 0 saturated heterocycles. The molecule has 0 spiro atoms. The SMILES string of the molecule is C1#CCCCCCC1.C1#Cc2ccccc2CCc2ccccc21.CC.CC.CC.CC.CC.CC.CC.CC.CC.CC.CC(C)C.CC(C)C.CC(C)C1C(=O)c2ccccc2-c2c(c2=O)-c2ccccc21.CC(C)C1C(=O)c2ccccc2C#Cc2ccccc21.CC(C)C1C2CCC#CCCC21.CC(C)C1Cc2ccccc2-c2c(c2=O)-c2ccccc21. The van der Waals surface area contributed by atoms with E-state index in [1.54, 1.807) is 0 Å². The Labute approximate surface area is 779 Å². The molecule has 0 aliphatic heterocycles. The minimum Gasteiger partial charge on any atom is -0.293 e. The monoisotopic (exact) mass is 1710 g/mol. The number of rotatable bonds is 4. The van der Waals surface area contributed by atoms with Gasteiger partial charge in [-0.1, -0.05) is 442 Å². The summed E-state index contributed by atoms with van der Waals surface area (Å²) in [6.45, 7) is 70.6. The van der Waals surface area contributed by atoms with Gasteiger partial charge in [0.25, 0.3) is 0 Å². The molecule has 1 fully saturated rings. The van der Waals surface area contributed by atoms with Crippen molar-refractivity contribution in [1.82, 2.24) is 0 Å². The molecule has 0 bridgehead atoms. The number of hydrogen-bond donors (Lipinski definition) is 0. The highest BCUT2D eigenvalue weighted by Crippen LogP contribution is 2.56. The lowest BCUT2D eigenvalue weighted by molar-refractivity contribution is 0.0929. The van der Waals surface area contributed by atoms with E-state index in [4.69, 9.17) is 0 Å². The van der Waals surface area contributed by atoms with Gasteiger partial charge in [-0.05, 0) is 184 Å². The number of Topliss-reactive ketones (excluding diaryl/α,β-unsaturated/α-hetero) is 2. The number of carbonyl (C=O) groups is 2. The van der Waals surface area contributed by atoms with E-state index < -0.39 is 0 Å². The normalized spacial score (nSPS) is 15.9. The van der Waals surface area contributed by atoms with E-state index in [9.17, 15) is 19.2 Å². The van der Waals surface area contributed by atoms with Crippen LogP contribution >= 0.6 is 0 Å². The summed E-state index contributed by atoms with van der Waals surface area (Å²) in [5.41, 5.74) is 20.7. The van der Waals surface area contributed by atoms with Crippen molar-refractivity contribution < 1.29 is 9.59 Å². The standard InChI is InChI=1S/C20H16O2.C20H18O.C19H16O.C16H12.C12H18.C8H12.2C4H10.10C2H6/c1-11(2)16-12-7-3-4-8-13(12)17-18(20(17)22)14-9-5-6-10-15(14)19(16)21;1-12(2)17-11-13-7-3-4-8-14(13)18-19(20(18)21)16-10-6-5-9-15(16)17;1-13(2)18-16-9-5-3-7-14(16)11-12-15-8-4-6-10-17(15)19(18)20;1-2-6-14-11-12-16-8-4-3-7-15(16)10-9-13(14)5-1;1-9(2)12-10-7-5-3-4-6-8-11(10)12;1-2-4-6-8-7-5-3-1;2*1-4(2)3;10*1-2/h3-11,16H,1-2H3;3-10,12,17H,11H2,1-2H3;3-10,13,18H,1-2H3;1-8H,9-10H2;9-12H,5-8H2,1-2H3;1-6H2;2*4H,1-3H3;10*1-2H3. The van der Waals surface area contributed by atoms with E-state index in [2.05, 4.69) is 229 Å². The molecule has 127 heavy (non-hydrogen) atoms. The number of carbonyl (C=O) groups excluding carboxylic acids is 2. The molecule has 17 rings (SSSR count). The molecular weight excluding hydrogens is 1540 g/mol. The smallest absolute Gasteiger partial charge is 0.195 e. The number of aryl methyl sites for hydroxylation is 2. The minimum absolute atomic E-state index is 0.0807. The topological polar surface area (TPSA) is 68.3 Å². The molecule has 10 aromatic carbocycles. The summed E-state index contributed by atoms with van der Waals surface area (Å²) >= 11 is 0. The van der Waals surface area contributed by atoms with Crippen molar-refractivity contribution in [3.05, 3.63) is 281 Å². The third-order valence-corrected chi connectivity index (χ3v) is 21.2. The van der Waals surface area contributed by atoms with E-state index in [1.165, 1.54) is 71.9 Å². The van der Waals surface area contributed by atoms with Crippen LogP contribution in [0.3, 0.4) is 0 Å². The average Bonchev–Trinajstić information content (AvgIpc) is 1.57. The molecule has 7 aliphatic carbocycles. The molecule has 5 unspecified atom stereocenters. The Bertz CT molecular complexity index is 4870. The highest BCUT2D eigenvalue weighted by molar-refractivity contribution is 6.12. The van der Waals surface area contributed by atoms with Crippen LogP contribution < -0.4 is 10.9 Å². The summed E-state index contributed by atoms with van der Waals surface area (Å²) in [5.74, 6) is 32.8. The van der Waals surface area contributed by atoms with Gasteiger partial charge in [-0.3, -0.25) is 19.2 Å². The summed E-state index contributed by atoms with van der Waals surface area (Å²) in [4.78, 5) is 50.8. The zero-order valence-corrected chi connectivity index (χ0v) is 86.2. The highest BCUT2D eigenvalue weighted by Gasteiger charge is 2.50. The van der Waals surface area contributed by atoms with Gasteiger partial charge >= 0.3 is 0 Å². The van der Waals surface area contributed by atoms with E-state index >= 15 is 0 Å². The predicted molar refractivity (Wildman–Crippen MR) is 564 cm³/mol. The summed E-state index contributed by atoms with van der Waals surface area (Å²) < 4.78 is 0. The maximum Gasteiger partial charge on any atom is 0.195 e. The van der Waals surface area contributed by atoms with Crippen LogP contribution in [0.4, 0.5) is 0 Å². The summed E-state index contributed by atoms with van der Waals surface area (Å²) in [6, 6.07) is 64.7. The van der Waals surface area contributed by atoms with Crippen LogP contribution in [0.5, 0.6) is 0 Å². The molecule has 688 valence electrons. The van der Waals surface area contributed by atoms with Crippen LogP contribution in [0.15, 0.2) is 204 Å². The van der Waals surface area contributed by atoms with Gasteiger partial charge in [0.05, 0.1) is 11.8 Å². The van der Waals surface area contributed by atoms with Crippen molar-refractivity contribution in [1.29, 1.82) is 0 Å². The minimum atomic E-state index is -0.209. The summed E-state index contributed by atoms with van der Waals surface area (Å²) in [6.07, 6.45) is 16.0. The zero-order valence-electron chi connectivity index (χ0n) is 86.2. The number of benzene rings is 8. The first-order valence-corrected chi connectivity index (χ1v) is 50.0. The van der Waals surface area contributed by atoms with Gasteiger partial charge in [-0.2, -0.15) is 0 Å². The lowest BCUT2D eigenvalue weighted by Crippen LogP contribution is -2.21. The lowest BCUT2D eigenvalue weighted by atomic mass is 9.77. The molecule has 0 N–H and O–H groups in total. The van der Waals surface area contributed by atoms with Gasteiger partial charge in [0.1, 0.15) is 0 Å². The number of ketones is 2. The van der Waals surface area contributed by atoms with E-state index in [0.717, 1.165) is 153 Å². The molecule has 0 heterocycles. The third-order valence-electron chi connectivity index (χ3n) is 21.2. The average molecular weight is 1710 g/mol. The summed E-state index contributed by atoms with van der Waals surface area (Å²) in [7, 11) is 0. The fourth-order valence-corrected chi connectivity index (χ4v) is 16.0. The summed E-state index contributed by atoms with van der Waals surface area (Å²) in [5, 5.41) is 0. The van der Waals surface area contributed by atoms with Gasteiger partial charge in [-0.15, -0.1) is 23.7 Å². The second-order valence-electron chi connectivity index (χ2n) is 32.5. The van der Waals surface area contributed by atoms with Crippen molar-refractivity contribution in [2.24, 2.45) is 53.3 Å². The van der Waals surface area contributed by atoms with Crippen LogP contribution in [0, 0.1) is 101 Å². The van der Waals surface area contributed by atoms with Crippen LogP contribution in [0.25, 0.3) is 44.5 Å². The molecular formula is C123H172O4. The molecule has 4 nitrogen and oxygen atoms in total. The third kappa shape index (κ3) is 36.3.